The summed E-state index contributed by atoms with van der Waals surface area (Å²) in [5.74, 6) is 1.33. The molecule has 3 rings (SSSR count). The van der Waals surface area contributed by atoms with Gasteiger partial charge in [-0.1, -0.05) is 0 Å². The van der Waals surface area contributed by atoms with E-state index in [1.54, 1.807) is 24.3 Å². The van der Waals surface area contributed by atoms with E-state index in [1.807, 2.05) is 0 Å². The van der Waals surface area contributed by atoms with Crippen LogP contribution in [0.25, 0.3) is 0 Å². The zero-order valence-corrected chi connectivity index (χ0v) is 23.7. The third-order valence-corrected chi connectivity index (χ3v) is 9.19. The quantitative estimate of drug-likeness (QED) is 0.331. The Hall–Kier alpha value is -2.62. The van der Waals surface area contributed by atoms with Crippen LogP contribution >= 0.6 is 0 Å². The lowest BCUT2D eigenvalue weighted by Gasteiger charge is -2.34. The fourth-order valence-electron chi connectivity index (χ4n) is 4.06. The predicted molar refractivity (Wildman–Crippen MR) is 142 cm³/mol. The molecule has 0 saturated carbocycles. The van der Waals surface area contributed by atoms with Gasteiger partial charge in [0.05, 0.1) is 28.4 Å². The normalized spacial score (nSPS) is 15.3. The number of piperazine rings is 1. The number of benzene rings is 2. The summed E-state index contributed by atoms with van der Waals surface area (Å²) in [5.41, 5.74) is 0. The molecule has 1 heterocycles. The highest BCUT2D eigenvalue weighted by Crippen LogP contribution is 2.29. The van der Waals surface area contributed by atoms with E-state index in [0.717, 1.165) is 26.2 Å². The molecule has 2 aromatic rings. The predicted octanol–water partition coefficient (Wildman–Crippen LogP) is 0.595. The van der Waals surface area contributed by atoms with E-state index in [2.05, 4.69) is 19.2 Å². The van der Waals surface area contributed by atoms with Crippen molar-refractivity contribution in [2.24, 2.45) is 0 Å². The first-order chi connectivity index (χ1) is 18.1. The van der Waals surface area contributed by atoms with E-state index in [0.29, 0.717) is 24.6 Å². The highest BCUT2D eigenvalue weighted by Gasteiger charge is 2.23. The minimum atomic E-state index is -3.78. The number of rotatable bonds is 14. The molecular weight excluding hydrogens is 536 g/mol. The van der Waals surface area contributed by atoms with Crippen LogP contribution in [0.15, 0.2) is 46.2 Å². The molecule has 0 unspecified atom stereocenters. The van der Waals surface area contributed by atoms with E-state index in [-0.39, 0.29) is 34.4 Å². The summed E-state index contributed by atoms with van der Waals surface area (Å²) in [4.78, 5) is 4.37. The van der Waals surface area contributed by atoms with Crippen molar-refractivity contribution >= 4 is 20.0 Å². The largest absolute Gasteiger partial charge is 0.497 e. The van der Waals surface area contributed by atoms with Gasteiger partial charge in [0.2, 0.25) is 20.0 Å². The van der Waals surface area contributed by atoms with Gasteiger partial charge in [0.1, 0.15) is 32.8 Å². The van der Waals surface area contributed by atoms with Crippen LogP contribution in [-0.2, 0) is 20.0 Å². The maximum Gasteiger partial charge on any atom is 0.244 e. The van der Waals surface area contributed by atoms with Gasteiger partial charge in [-0.2, -0.15) is 0 Å². The van der Waals surface area contributed by atoms with E-state index >= 15 is 0 Å². The van der Waals surface area contributed by atoms with Crippen molar-refractivity contribution in [3.63, 3.8) is 0 Å². The summed E-state index contributed by atoms with van der Waals surface area (Å²) in [6.07, 6.45) is 0. The van der Waals surface area contributed by atoms with Crippen LogP contribution < -0.4 is 28.4 Å². The molecule has 212 valence electrons. The maximum absolute atomic E-state index is 12.8. The van der Waals surface area contributed by atoms with Gasteiger partial charge in [-0.25, -0.2) is 26.3 Å². The monoisotopic (exact) mass is 572 g/mol. The van der Waals surface area contributed by atoms with Gasteiger partial charge in [0.15, 0.2) is 0 Å². The molecule has 2 N–H and O–H groups in total. The fraction of sp³-hybridized carbons (Fsp3) is 0.500. The summed E-state index contributed by atoms with van der Waals surface area (Å²) in [7, 11) is -1.78. The number of sulfonamides is 2. The average Bonchev–Trinajstić information content (AvgIpc) is 2.93. The number of nitrogens with zero attached hydrogens (tertiary/aromatic N) is 2. The van der Waals surface area contributed by atoms with E-state index in [9.17, 15) is 16.8 Å². The minimum Gasteiger partial charge on any atom is -0.497 e. The highest BCUT2D eigenvalue weighted by molar-refractivity contribution is 7.89. The molecule has 1 saturated heterocycles. The van der Waals surface area contributed by atoms with Crippen molar-refractivity contribution in [3.8, 4) is 23.0 Å². The molecule has 0 bridgehead atoms. The van der Waals surface area contributed by atoms with Crippen molar-refractivity contribution in [1.82, 2.24) is 19.2 Å². The molecule has 1 aliphatic heterocycles. The highest BCUT2D eigenvalue weighted by atomic mass is 32.2. The van der Waals surface area contributed by atoms with Crippen molar-refractivity contribution in [1.29, 1.82) is 0 Å². The molecule has 12 nitrogen and oxygen atoms in total. The van der Waals surface area contributed by atoms with Crippen molar-refractivity contribution < 1.29 is 35.8 Å². The number of ether oxygens (including phenoxy) is 4. The topological polar surface area (TPSA) is 136 Å². The Labute approximate surface area is 224 Å². The van der Waals surface area contributed by atoms with Gasteiger partial charge in [-0.15, -0.1) is 0 Å². The number of nitrogens with one attached hydrogen (secondary N) is 2. The first-order valence-corrected chi connectivity index (χ1v) is 15.0. The van der Waals surface area contributed by atoms with E-state index < -0.39 is 20.0 Å². The molecule has 0 aromatic heterocycles. The average molecular weight is 573 g/mol. The van der Waals surface area contributed by atoms with Crippen LogP contribution in [-0.4, -0.2) is 107 Å². The number of hydrogen-bond acceptors (Lipinski definition) is 10. The Morgan fingerprint density at radius 3 is 1.32 bits per heavy atom. The summed E-state index contributed by atoms with van der Waals surface area (Å²) in [6.45, 7) is 4.52. The van der Waals surface area contributed by atoms with Crippen LogP contribution in [0.2, 0.25) is 0 Å². The third-order valence-electron chi connectivity index (χ3n) is 6.23. The van der Waals surface area contributed by atoms with Gasteiger partial charge in [-0.05, 0) is 24.3 Å². The summed E-state index contributed by atoms with van der Waals surface area (Å²) < 4.78 is 77.2. The summed E-state index contributed by atoms with van der Waals surface area (Å²) in [6, 6.07) is 9.24. The van der Waals surface area contributed by atoms with Gasteiger partial charge in [-0.3, -0.25) is 9.80 Å². The second kappa shape index (κ2) is 13.4. The molecule has 0 aliphatic carbocycles. The fourth-order valence-corrected chi connectivity index (χ4v) is 6.46. The van der Waals surface area contributed by atoms with Gasteiger partial charge < -0.3 is 18.9 Å². The second-order valence-corrected chi connectivity index (χ2v) is 12.0. The van der Waals surface area contributed by atoms with Crippen LogP contribution in [0.1, 0.15) is 0 Å². The molecule has 0 radical (unpaired) electrons. The molecule has 1 aliphatic rings. The lowest BCUT2D eigenvalue weighted by atomic mass is 10.3. The lowest BCUT2D eigenvalue weighted by molar-refractivity contribution is 0.136. The Morgan fingerprint density at radius 1 is 0.632 bits per heavy atom. The Bertz CT molecular complexity index is 1180. The zero-order valence-electron chi connectivity index (χ0n) is 22.1. The second-order valence-electron chi connectivity index (χ2n) is 8.51. The Kier molecular flexibility index (Phi) is 10.6. The SMILES string of the molecule is COc1ccc(OC)c(S(=O)(=O)NCCN2CCN(CCNS(=O)(=O)c3cc(OC)ccc3OC)CC2)c1. The van der Waals surface area contributed by atoms with Gasteiger partial charge in [0, 0.05) is 64.5 Å². The van der Waals surface area contributed by atoms with Crippen LogP contribution in [0, 0.1) is 0 Å². The van der Waals surface area contributed by atoms with Crippen LogP contribution in [0.3, 0.4) is 0 Å². The molecule has 1 fully saturated rings. The first-order valence-electron chi connectivity index (χ1n) is 12.0. The summed E-state index contributed by atoms with van der Waals surface area (Å²) in [5, 5.41) is 0. The number of hydrogen-bond donors (Lipinski definition) is 2. The maximum atomic E-state index is 12.8. The van der Waals surface area contributed by atoms with Gasteiger partial charge >= 0.3 is 0 Å². The van der Waals surface area contributed by atoms with E-state index in [1.165, 1.54) is 40.6 Å². The molecule has 0 amide bonds. The zero-order chi connectivity index (χ0) is 27.8. The molecular formula is C24H36N4O8S2. The first kappa shape index (κ1) is 29.9. The minimum absolute atomic E-state index is 0.0261. The lowest BCUT2D eigenvalue weighted by Crippen LogP contribution is -2.49. The standard InChI is InChI=1S/C24H36N4O8S2/c1-33-19-5-7-21(35-3)23(17-19)37(29,30)25-9-11-27-13-15-28(16-14-27)12-10-26-38(31,32)24-18-20(34-2)6-8-22(24)36-4/h5-8,17-18,25-26H,9-16H2,1-4H3. The molecule has 0 atom stereocenters. The van der Waals surface area contributed by atoms with Crippen molar-refractivity contribution in [2.75, 3.05) is 80.8 Å². The Morgan fingerprint density at radius 2 is 1.00 bits per heavy atom. The molecule has 38 heavy (non-hydrogen) atoms. The van der Waals surface area contributed by atoms with E-state index in [4.69, 9.17) is 18.9 Å². The van der Waals surface area contributed by atoms with Crippen LogP contribution in [0.4, 0.5) is 0 Å². The van der Waals surface area contributed by atoms with Gasteiger partial charge in [0.25, 0.3) is 0 Å². The molecule has 14 heteroatoms. The summed E-state index contributed by atoms with van der Waals surface area (Å²) >= 11 is 0. The molecule has 0 spiro atoms. The number of methoxy groups -OCH3 is 4. The smallest absolute Gasteiger partial charge is 0.244 e. The third kappa shape index (κ3) is 7.71. The van der Waals surface area contributed by atoms with Crippen molar-refractivity contribution in [3.05, 3.63) is 36.4 Å². The Balaban J connectivity index is 1.44. The molecule has 2 aromatic carbocycles. The van der Waals surface area contributed by atoms with Crippen molar-refractivity contribution in [2.45, 2.75) is 9.79 Å². The van der Waals surface area contributed by atoms with Crippen LogP contribution in [0.5, 0.6) is 23.0 Å².